The van der Waals surface area contributed by atoms with Gasteiger partial charge in [-0.15, -0.1) is 0 Å². The molecule has 3 aromatic rings. The Hall–Kier alpha value is -2.60. The van der Waals surface area contributed by atoms with Crippen molar-refractivity contribution in [2.24, 2.45) is 0 Å². The number of hydrogen-bond acceptors (Lipinski definition) is 3. The molecule has 0 atom stereocenters. The number of carbonyl (C=O) groups is 1. The highest BCUT2D eigenvalue weighted by molar-refractivity contribution is 5.95. The predicted molar refractivity (Wildman–Crippen MR) is 86.3 cm³/mol. The average molecular weight is 387 g/mol. The van der Waals surface area contributed by atoms with Crippen LogP contribution in [-0.4, -0.2) is 10.7 Å². The van der Waals surface area contributed by atoms with E-state index in [9.17, 15) is 14.9 Å². The van der Waals surface area contributed by atoms with E-state index in [1.165, 1.54) is 24.3 Å². The van der Waals surface area contributed by atoms with Crippen LogP contribution in [0, 0.1) is 17.0 Å². The third kappa shape index (κ3) is 3.65. The Bertz CT molecular complexity index is 908. The monoisotopic (exact) mass is 386 g/mol. The van der Waals surface area contributed by atoms with Gasteiger partial charge in [-0.2, -0.15) is 4.57 Å². The summed E-state index contributed by atoms with van der Waals surface area (Å²) in [5.41, 5.74) is 2.59. The maximum atomic E-state index is 12.4. The highest BCUT2D eigenvalue weighted by Gasteiger charge is 2.16. The second kappa shape index (κ2) is 7.31. The number of hydrogen-bond donors (Lipinski definition) is 0. The third-order valence-electron chi connectivity index (χ3n) is 3.75. The second-order valence-electron chi connectivity index (χ2n) is 5.43. The minimum Gasteiger partial charge on any atom is -1.00 e. The molecule has 0 spiro atoms. The van der Waals surface area contributed by atoms with Gasteiger partial charge in [0.1, 0.15) is 0 Å². The molecule has 0 amide bonds. The van der Waals surface area contributed by atoms with Gasteiger partial charge >= 0.3 is 0 Å². The van der Waals surface area contributed by atoms with Crippen molar-refractivity contribution in [2.75, 3.05) is 0 Å². The van der Waals surface area contributed by atoms with E-state index in [0.717, 1.165) is 16.5 Å². The first-order chi connectivity index (χ1) is 11.0. The number of rotatable bonds is 4. The highest BCUT2D eigenvalue weighted by Crippen LogP contribution is 2.14. The molecule has 0 saturated heterocycles. The molecule has 0 unspecified atom stereocenters. The number of nitro benzene ring substituents is 1. The lowest BCUT2D eigenvalue weighted by Crippen LogP contribution is -3.00. The number of benzene rings is 2. The molecule has 0 fully saturated rings. The average Bonchev–Trinajstić information content (AvgIpc) is 2.54. The van der Waals surface area contributed by atoms with Crippen LogP contribution < -0.4 is 21.5 Å². The summed E-state index contributed by atoms with van der Waals surface area (Å²) in [5, 5.41) is 11.7. The lowest BCUT2D eigenvalue weighted by molar-refractivity contribution is -0.657. The van der Waals surface area contributed by atoms with E-state index >= 15 is 0 Å². The molecule has 0 bridgehead atoms. The molecule has 0 radical (unpaired) electrons. The number of carbonyl (C=O) groups excluding carboxylic acids is 1. The van der Waals surface area contributed by atoms with Crippen molar-refractivity contribution in [1.82, 2.24) is 0 Å². The number of nitrogens with zero attached hydrogens (tertiary/aromatic N) is 2. The third-order valence-corrected chi connectivity index (χ3v) is 3.75. The lowest BCUT2D eigenvalue weighted by Gasteiger charge is -2.02. The first kappa shape index (κ1) is 17.7. The molecule has 6 heteroatoms. The number of ketones is 1. The van der Waals surface area contributed by atoms with Gasteiger partial charge in [-0.05, 0) is 31.2 Å². The molecular formula is C18H15BrN2O3. The van der Waals surface area contributed by atoms with Gasteiger partial charge in [0.2, 0.25) is 17.8 Å². The number of Topliss-reactive ketones (excluding diaryl/α,β-unsaturated/α-hetero) is 1. The zero-order valence-corrected chi connectivity index (χ0v) is 14.6. The normalized spacial score (nSPS) is 10.2. The van der Waals surface area contributed by atoms with Crippen LogP contribution in [0.5, 0.6) is 0 Å². The van der Waals surface area contributed by atoms with Crippen LogP contribution in [0.3, 0.4) is 0 Å². The summed E-state index contributed by atoms with van der Waals surface area (Å²) >= 11 is 0. The lowest BCUT2D eigenvalue weighted by atomic mass is 10.1. The largest absolute Gasteiger partial charge is 1.00 e. The zero-order valence-electron chi connectivity index (χ0n) is 13.0. The van der Waals surface area contributed by atoms with Gasteiger partial charge in [-0.3, -0.25) is 14.9 Å². The van der Waals surface area contributed by atoms with Gasteiger partial charge in [0, 0.05) is 35.2 Å². The van der Waals surface area contributed by atoms with Crippen molar-refractivity contribution in [2.45, 2.75) is 13.5 Å². The summed E-state index contributed by atoms with van der Waals surface area (Å²) in [7, 11) is 0. The Morgan fingerprint density at radius 1 is 1.12 bits per heavy atom. The van der Waals surface area contributed by atoms with Crippen LogP contribution in [0.15, 0.2) is 60.8 Å². The molecule has 24 heavy (non-hydrogen) atoms. The van der Waals surface area contributed by atoms with Crippen molar-refractivity contribution in [3.05, 3.63) is 82.0 Å². The molecule has 5 nitrogen and oxygen atoms in total. The molecule has 2 aromatic carbocycles. The zero-order chi connectivity index (χ0) is 16.4. The fraction of sp³-hybridized carbons (Fsp3) is 0.111. The van der Waals surface area contributed by atoms with Crippen LogP contribution in [-0.2, 0) is 6.54 Å². The molecular weight excluding hydrogens is 372 g/mol. The Labute approximate surface area is 149 Å². The number of aryl methyl sites for hydroxylation is 1. The first-order valence-corrected chi connectivity index (χ1v) is 7.21. The molecule has 3 rings (SSSR count). The summed E-state index contributed by atoms with van der Waals surface area (Å²) in [6.07, 6.45) is 1.86. The van der Waals surface area contributed by atoms with Crippen molar-refractivity contribution in [1.29, 1.82) is 0 Å². The molecule has 0 aliphatic rings. The Morgan fingerprint density at radius 2 is 1.83 bits per heavy atom. The van der Waals surface area contributed by atoms with E-state index in [0.29, 0.717) is 5.56 Å². The fourth-order valence-electron chi connectivity index (χ4n) is 2.55. The first-order valence-electron chi connectivity index (χ1n) is 7.21. The van der Waals surface area contributed by atoms with E-state index in [2.05, 4.69) is 6.07 Å². The molecule has 0 aliphatic heterocycles. The molecule has 1 aromatic heterocycles. The Kier molecular flexibility index (Phi) is 5.41. The topological polar surface area (TPSA) is 64.1 Å². The summed E-state index contributed by atoms with van der Waals surface area (Å²) in [5.74, 6) is -0.0852. The smallest absolute Gasteiger partial charge is 0.269 e. The number of pyridine rings is 1. The number of halogens is 1. The van der Waals surface area contributed by atoms with Gasteiger partial charge in [0.15, 0.2) is 6.20 Å². The number of fused-ring (bicyclic) bond motifs is 1. The summed E-state index contributed by atoms with van der Waals surface area (Å²) in [4.78, 5) is 22.6. The second-order valence-corrected chi connectivity index (χ2v) is 5.43. The van der Waals surface area contributed by atoms with E-state index in [1.54, 1.807) is 0 Å². The van der Waals surface area contributed by atoms with E-state index in [-0.39, 0.29) is 35.0 Å². The van der Waals surface area contributed by atoms with Crippen LogP contribution in [0.25, 0.3) is 10.9 Å². The maximum Gasteiger partial charge on any atom is 0.269 e. The van der Waals surface area contributed by atoms with Gasteiger partial charge in [-0.25, -0.2) is 0 Å². The summed E-state index contributed by atoms with van der Waals surface area (Å²) < 4.78 is 1.89. The van der Waals surface area contributed by atoms with Gasteiger partial charge < -0.3 is 17.0 Å². The van der Waals surface area contributed by atoms with Crippen molar-refractivity contribution in [3.63, 3.8) is 0 Å². The number of nitro groups is 1. The van der Waals surface area contributed by atoms with E-state index in [1.807, 2.05) is 42.0 Å². The standard InChI is InChI=1S/C18H15N2O3.BrH/c1-13-4-9-17-15(11-13)3-2-10-19(17)12-18(21)14-5-7-16(8-6-14)20(22)23;/h2-11H,12H2,1H3;1H/q+1;/p-1. The van der Waals surface area contributed by atoms with Crippen molar-refractivity contribution >= 4 is 22.4 Å². The van der Waals surface area contributed by atoms with Gasteiger partial charge in [-0.1, -0.05) is 11.6 Å². The molecule has 0 saturated carbocycles. The summed E-state index contributed by atoms with van der Waals surface area (Å²) in [6, 6.07) is 15.7. The highest BCUT2D eigenvalue weighted by atomic mass is 79.9. The van der Waals surface area contributed by atoms with E-state index < -0.39 is 4.92 Å². The SMILES string of the molecule is Cc1ccc2c(ccc[n+]2CC(=O)c2ccc([N+](=O)[O-])cc2)c1.[Br-]. The number of aromatic nitrogens is 1. The predicted octanol–water partition coefficient (Wildman–Crippen LogP) is 0.231. The maximum absolute atomic E-state index is 12.4. The van der Waals surface area contributed by atoms with Crippen LogP contribution >= 0.6 is 0 Å². The molecule has 1 heterocycles. The van der Waals surface area contributed by atoms with E-state index in [4.69, 9.17) is 0 Å². The number of non-ortho nitro benzene ring substituents is 1. The van der Waals surface area contributed by atoms with Crippen LogP contribution in [0.2, 0.25) is 0 Å². The molecule has 122 valence electrons. The Morgan fingerprint density at radius 3 is 2.50 bits per heavy atom. The van der Waals surface area contributed by atoms with Gasteiger partial charge in [0.25, 0.3) is 5.69 Å². The molecule has 0 aliphatic carbocycles. The molecule has 0 N–H and O–H groups in total. The Balaban J connectivity index is 0.00000208. The summed E-state index contributed by atoms with van der Waals surface area (Å²) in [6.45, 7) is 2.22. The van der Waals surface area contributed by atoms with Gasteiger partial charge in [0.05, 0.1) is 4.92 Å². The van der Waals surface area contributed by atoms with Crippen LogP contribution in [0.1, 0.15) is 15.9 Å². The van der Waals surface area contributed by atoms with Crippen molar-refractivity contribution in [3.8, 4) is 0 Å². The van der Waals surface area contributed by atoms with Crippen molar-refractivity contribution < 1.29 is 31.3 Å². The minimum absolute atomic E-state index is 0. The van der Waals surface area contributed by atoms with Crippen LogP contribution in [0.4, 0.5) is 5.69 Å². The quantitative estimate of drug-likeness (QED) is 0.279. The fourth-order valence-corrected chi connectivity index (χ4v) is 2.55. The minimum atomic E-state index is -0.476.